The number of unbranched alkanes of at least 4 members (excludes halogenated alkanes) is 6. The molecule has 126 valence electrons. The third kappa shape index (κ3) is 6.56. The van der Waals surface area contributed by atoms with Gasteiger partial charge in [-0.3, -0.25) is 0 Å². The molecule has 0 aliphatic carbocycles. The number of rotatable bonds is 11. The van der Waals surface area contributed by atoms with Gasteiger partial charge in [0.2, 0.25) is 0 Å². The van der Waals surface area contributed by atoms with Crippen LogP contribution in [0.1, 0.15) is 68.4 Å². The molecule has 24 heavy (non-hydrogen) atoms. The van der Waals surface area contributed by atoms with E-state index in [0.717, 1.165) is 12.8 Å². The summed E-state index contributed by atoms with van der Waals surface area (Å²) in [6, 6.07) is 21.7. The number of allylic oxidation sites excluding steroid dienone is 1. The Labute approximate surface area is 146 Å². The van der Waals surface area contributed by atoms with Crippen molar-refractivity contribution in [2.45, 2.75) is 57.3 Å². The van der Waals surface area contributed by atoms with Gasteiger partial charge >= 0.3 is 0 Å². The standard InChI is InChI=1S/C23H28O/c24-20-14-6-4-2-1-3-5-13-19-23(21-15-9-7-10-16-21)22-17-11-8-12-18-22/h7-12,14-18,23H,1-6,13,19H2. The van der Waals surface area contributed by atoms with Gasteiger partial charge < -0.3 is 0 Å². The molecule has 0 aromatic heterocycles. The summed E-state index contributed by atoms with van der Waals surface area (Å²) in [5.41, 5.74) is 2.84. The van der Waals surface area contributed by atoms with E-state index in [2.05, 4.69) is 60.7 Å². The van der Waals surface area contributed by atoms with Gasteiger partial charge in [-0.15, -0.1) is 0 Å². The summed E-state index contributed by atoms with van der Waals surface area (Å²) in [5.74, 6) is 2.35. The molecule has 0 saturated heterocycles. The van der Waals surface area contributed by atoms with Gasteiger partial charge in [-0.25, -0.2) is 4.79 Å². The van der Waals surface area contributed by atoms with E-state index in [0.29, 0.717) is 5.92 Å². The van der Waals surface area contributed by atoms with Crippen LogP contribution in [0, 0.1) is 0 Å². The van der Waals surface area contributed by atoms with Crippen molar-refractivity contribution in [3.8, 4) is 0 Å². The minimum atomic E-state index is 0.505. The van der Waals surface area contributed by atoms with Crippen LogP contribution >= 0.6 is 0 Å². The molecule has 0 fully saturated rings. The Hall–Kier alpha value is -2.11. The second kappa shape index (κ2) is 11.4. The zero-order chi connectivity index (χ0) is 16.9. The fourth-order valence-electron chi connectivity index (χ4n) is 3.26. The second-order valence-electron chi connectivity index (χ2n) is 6.39. The number of hydrogen-bond acceptors (Lipinski definition) is 1. The molecule has 0 saturated carbocycles. The molecule has 1 heteroatoms. The summed E-state index contributed by atoms with van der Waals surface area (Å²) in [7, 11) is 0. The zero-order valence-corrected chi connectivity index (χ0v) is 14.5. The molecule has 0 radical (unpaired) electrons. The Morgan fingerprint density at radius 1 is 0.708 bits per heavy atom. The van der Waals surface area contributed by atoms with Crippen molar-refractivity contribution >= 4 is 5.94 Å². The molecule has 0 aliphatic heterocycles. The summed E-state index contributed by atoms with van der Waals surface area (Å²) >= 11 is 0. The van der Waals surface area contributed by atoms with Gasteiger partial charge in [0.1, 0.15) is 5.94 Å². The summed E-state index contributed by atoms with van der Waals surface area (Å²) in [5, 5.41) is 0. The van der Waals surface area contributed by atoms with Gasteiger partial charge in [0.25, 0.3) is 0 Å². The van der Waals surface area contributed by atoms with Crippen LogP contribution in [-0.2, 0) is 4.79 Å². The lowest BCUT2D eigenvalue weighted by molar-refractivity contribution is 0.559. The fourth-order valence-corrected chi connectivity index (χ4v) is 3.26. The Morgan fingerprint density at radius 3 is 1.75 bits per heavy atom. The van der Waals surface area contributed by atoms with E-state index in [1.54, 1.807) is 6.08 Å². The van der Waals surface area contributed by atoms with Crippen LogP contribution in [0.25, 0.3) is 0 Å². The Balaban J connectivity index is 1.77. The highest BCUT2D eigenvalue weighted by atomic mass is 16.1. The molecule has 0 atom stereocenters. The molecule has 1 nitrogen and oxygen atoms in total. The van der Waals surface area contributed by atoms with Crippen LogP contribution in [0.2, 0.25) is 0 Å². The first-order chi connectivity index (χ1) is 11.9. The summed E-state index contributed by atoms with van der Waals surface area (Å²) in [6.07, 6.45) is 11.2. The highest BCUT2D eigenvalue weighted by Gasteiger charge is 2.13. The molecule has 0 aliphatic rings. The van der Waals surface area contributed by atoms with E-state index in [-0.39, 0.29) is 0 Å². The maximum Gasteiger partial charge on any atom is 0.120 e. The predicted molar refractivity (Wildman–Crippen MR) is 102 cm³/mol. The minimum absolute atomic E-state index is 0.505. The SMILES string of the molecule is O=C=CCCCCCCCCC(c1ccccc1)c1ccccc1. The average Bonchev–Trinajstić information content (AvgIpc) is 2.65. The molecule has 0 spiro atoms. The van der Waals surface area contributed by atoms with Crippen molar-refractivity contribution in [3.63, 3.8) is 0 Å². The molecule has 0 N–H and O–H groups in total. The smallest absolute Gasteiger partial charge is 0.120 e. The van der Waals surface area contributed by atoms with Gasteiger partial charge in [0.05, 0.1) is 0 Å². The van der Waals surface area contributed by atoms with Crippen LogP contribution in [0.3, 0.4) is 0 Å². The third-order valence-electron chi connectivity index (χ3n) is 4.58. The first-order valence-corrected chi connectivity index (χ1v) is 9.21. The van der Waals surface area contributed by atoms with Crippen molar-refractivity contribution in [2.24, 2.45) is 0 Å². The Bertz CT molecular complexity index is 557. The topological polar surface area (TPSA) is 17.1 Å². The van der Waals surface area contributed by atoms with Crippen LogP contribution in [0.5, 0.6) is 0 Å². The van der Waals surface area contributed by atoms with Crippen molar-refractivity contribution in [3.05, 3.63) is 77.9 Å². The molecule has 2 rings (SSSR count). The van der Waals surface area contributed by atoms with Crippen LogP contribution in [0.15, 0.2) is 66.7 Å². The van der Waals surface area contributed by atoms with Crippen LogP contribution in [0.4, 0.5) is 0 Å². The average molecular weight is 320 g/mol. The Kier molecular flexibility index (Phi) is 8.68. The van der Waals surface area contributed by atoms with E-state index in [1.165, 1.54) is 49.7 Å². The molecular weight excluding hydrogens is 292 g/mol. The zero-order valence-electron chi connectivity index (χ0n) is 14.5. The molecular formula is C23H28O. The quantitative estimate of drug-likeness (QED) is 0.349. The van der Waals surface area contributed by atoms with Crippen molar-refractivity contribution < 1.29 is 4.79 Å². The van der Waals surface area contributed by atoms with E-state index in [4.69, 9.17) is 0 Å². The molecule has 2 aromatic carbocycles. The first kappa shape index (κ1) is 18.2. The summed E-state index contributed by atoms with van der Waals surface area (Å²) in [6.45, 7) is 0. The van der Waals surface area contributed by atoms with Crippen molar-refractivity contribution in [1.82, 2.24) is 0 Å². The third-order valence-corrected chi connectivity index (χ3v) is 4.58. The highest BCUT2D eigenvalue weighted by Crippen LogP contribution is 2.29. The second-order valence-corrected chi connectivity index (χ2v) is 6.39. The number of hydrogen-bond donors (Lipinski definition) is 0. The van der Waals surface area contributed by atoms with E-state index >= 15 is 0 Å². The van der Waals surface area contributed by atoms with Gasteiger partial charge in [0.15, 0.2) is 0 Å². The lowest BCUT2D eigenvalue weighted by Gasteiger charge is -2.18. The van der Waals surface area contributed by atoms with Crippen LogP contribution < -0.4 is 0 Å². The van der Waals surface area contributed by atoms with E-state index in [9.17, 15) is 4.79 Å². The van der Waals surface area contributed by atoms with Gasteiger partial charge in [-0.1, -0.05) is 92.8 Å². The maximum absolute atomic E-state index is 10.1. The summed E-state index contributed by atoms with van der Waals surface area (Å²) < 4.78 is 0. The van der Waals surface area contributed by atoms with E-state index in [1.807, 2.05) is 5.94 Å². The first-order valence-electron chi connectivity index (χ1n) is 9.21. The largest absolute Gasteiger partial charge is 0.234 e. The van der Waals surface area contributed by atoms with Gasteiger partial charge in [-0.05, 0) is 36.5 Å². The molecule has 0 heterocycles. The van der Waals surface area contributed by atoms with Crippen molar-refractivity contribution in [1.29, 1.82) is 0 Å². The lowest BCUT2D eigenvalue weighted by Crippen LogP contribution is -2.01. The molecule has 0 unspecified atom stereocenters. The Morgan fingerprint density at radius 2 is 1.21 bits per heavy atom. The van der Waals surface area contributed by atoms with Gasteiger partial charge in [0, 0.05) is 5.92 Å². The maximum atomic E-state index is 10.1. The number of carbonyl (C=O) groups excluding carboxylic acids is 1. The highest BCUT2D eigenvalue weighted by molar-refractivity contribution is 5.44. The van der Waals surface area contributed by atoms with Crippen molar-refractivity contribution in [2.75, 3.05) is 0 Å². The minimum Gasteiger partial charge on any atom is -0.234 e. The van der Waals surface area contributed by atoms with E-state index < -0.39 is 0 Å². The molecule has 2 aromatic rings. The lowest BCUT2D eigenvalue weighted by atomic mass is 9.87. The monoisotopic (exact) mass is 320 g/mol. The molecule has 0 amide bonds. The van der Waals surface area contributed by atoms with Gasteiger partial charge in [-0.2, -0.15) is 0 Å². The summed E-state index contributed by atoms with van der Waals surface area (Å²) in [4.78, 5) is 10.1. The van der Waals surface area contributed by atoms with Crippen LogP contribution in [-0.4, -0.2) is 5.94 Å². The molecule has 0 bridgehead atoms. The fraction of sp³-hybridized carbons (Fsp3) is 0.391. The predicted octanol–water partition coefficient (Wildman–Crippen LogP) is 6.33. The number of benzene rings is 2. The normalized spacial score (nSPS) is 10.5.